The first kappa shape index (κ1) is 14.8. The molecule has 0 amide bonds. The Morgan fingerprint density at radius 3 is 2.60 bits per heavy atom. The Morgan fingerprint density at radius 2 is 1.95 bits per heavy atom. The molecule has 1 fully saturated rings. The molecule has 1 aliphatic rings. The first-order valence-corrected chi connectivity index (χ1v) is 6.48. The molecule has 1 aromatic carbocycles. The van der Waals surface area contributed by atoms with Gasteiger partial charge in [-0.05, 0) is 12.1 Å². The van der Waals surface area contributed by atoms with Crippen LogP contribution in [0.15, 0.2) is 24.3 Å². The number of benzene rings is 1. The zero-order valence-corrected chi connectivity index (χ0v) is 11.0. The molecule has 1 saturated heterocycles. The minimum atomic E-state index is -0.762. The Morgan fingerprint density at radius 1 is 1.30 bits per heavy atom. The molecule has 0 saturated carbocycles. The van der Waals surface area contributed by atoms with Crippen molar-refractivity contribution in [3.63, 3.8) is 0 Å². The first-order chi connectivity index (χ1) is 9.60. The van der Waals surface area contributed by atoms with Crippen molar-refractivity contribution >= 4 is 0 Å². The normalized spacial score (nSPS) is 24.3. The number of aliphatic hydroxyl groups is 3. The third kappa shape index (κ3) is 3.68. The van der Waals surface area contributed by atoms with Gasteiger partial charge in [0.25, 0.3) is 0 Å². The van der Waals surface area contributed by atoms with Gasteiger partial charge in [0.05, 0.1) is 17.8 Å². The fraction of sp³-hybridized carbons (Fsp3) is 0.500. The summed E-state index contributed by atoms with van der Waals surface area (Å²) >= 11 is 0. The summed E-state index contributed by atoms with van der Waals surface area (Å²) in [7, 11) is 0. The van der Waals surface area contributed by atoms with Crippen molar-refractivity contribution in [2.45, 2.75) is 18.3 Å². The Bertz CT molecular complexity index is 478. The van der Waals surface area contributed by atoms with Crippen molar-refractivity contribution < 1.29 is 20.1 Å². The summed E-state index contributed by atoms with van der Waals surface area (Å²) in [4.78, 5) is 1.78. The van der Waals surface area contributed by atoms with Crippen LogP contribution >= 0.6 is 0 Å². The monoisotopic (exact) mass is 278 g/mol. The average molecular weight is 278 g/mol. The third-order valence-corrected chi connectivity index (χ3v) is 3.24. The van der Waals surface area contributed by atoms with Crippen LogP contribution in [0.2, 0.25) is 0 Å². The molecule has 0 aliphatic carbocycles. The molecule has 1 aromatic rings. The van der Waals surface area contributed by atoms with E-state index < -0.39 is 18.3 Å². The van der Waals surface area contributed by atoms with Crippen molar-refractivity contribution in [1.82, 2.24) is 4.90 Å². The van der Waals surface area contributed by atoms with E-state index in [9.17, 15) is 15.3 Å². The van der Waals surface area contributed by atoms with Crippen molar-refractivity contribution in [1.29, 1.82) is 5.26 Å². The molecule has 2 rings (SSSR count). The lowest BCUT2D eigenvalue weighted by atomic mass is 10.2. The summed E-state index contributed by atoms with van der Waals surface area (Å²) in [6, 6.07) is 8.85. The van der Waals surface area contributed by atoms with E-state index in [0.717, 1.165) is 0 Å². The minimum Gasteiger partial charge on any atom is -0.489 e. The molecule has 1 heterocycles. The molecule has 108 valence electrons. The van der Waals surface area contributed by atoms with Gasteiger partial charge in [-0.25, -0.2) is 0 Å². The van der Waals surface area contributed by atoms with E-state index in [1.165, 1.54) is 0 Å². The second-order valence-electron chi connectivity index (χ2n) is 4.93. The topological polar surface area (TPSA) is 97.0 Å². The fourth-order valence-corrected chi connectivity index (χ4v) is 2.22. The molecule has 0 spiro atoms. The molecule has 3 atom stereocenters. The molecule has 6 heteroatoms. The van der Waals surface area contributed by atoms with Crippen LogP contribution in [-0.2, 0) is 0 Å². The van der Waals surface area contributed by atoms with Gasteiger partial charge in [0.2, 0.25) is 0 Å². The van der Waals surface area contributed by atoms with Gasteiger partial charge >= 0.3 is 0 Å². The first-order valence-electron chi connectivity index (χ1n) is 6.48. The lowest BCUT2D eigenvalue weighted by molar-refractivity contribution is 0.0572. The number of rotatable bonds is 5. The summed E-state index contributed by atoms with van der Waals surface area (Å²) in [6.45, 7) is 1.05. The molecule has 20 heavy (non-hydrogen) atoms. The highest BCUT2D eigenvalue weighted by molar-refractivity contribution is 5.42. The molecule has 0 radical (unpaired) electrons. The Labute approximate surface area is 117 Å². The van der Waals surface area contributed by atoms with Gasteiger partial charge in [-0.1, -0.05) is 12.1 Å². The van der Waals surface area contributed by atoms with Crippen LogP contribution in [0.3, 0.4) is 0 Å². The third-order valence-electron chi connectivity index (χ3n) is 3.24. The van der Waals surface area contributed by atoms with Crippen molar-refractivity contribution in [3.8, 4) is 11.8 Å². The Hall–Kier alpha value is -1.65. The number of para-hydroxylation sites is 1. The highest BCUT2D eigenvalue weighted by Crippen LogP contribution is 2.17. The second kappa shape index (κ2) is 6.68. The van der Waals surface area contributed by atoms with E-state index in [1.807, 2.05) is 6.07 Å². The van der Waals surface area contributed by atoms with E-state index in [4.69, 9.17) is 10.00 Å². The summed E-state index contributed by atoms with van der Waals surface area (Å²) in [5, 5.41) is 37.6. The smallest absolute Gasteiger partial charge is 0.137 e. The van der Waals surface area contributed by atoms with E-state index >= 15 is 0 Å². The number of likely N-dealkylation sites (tertiary alicyclic amines) is 1. The Balaban J connectivity index is 1.81. The van der Waals surface area contributed by atoms with Gasteiger partial charge in [-0.3, -0.25) is 4.90 Å². The molecule has 6 nitrogen and oxygen atoms in total. The highest BCUT2D eigenvalue weighted by atomic mass is 16.5. The predicted molar refractivity (Wildman–Crippen MR) is 71.1 cm³/mol. The molecule has 0 aromatic heterocycles. The molecule has 3 N–H and O–H groups in total. The Kier molecular flexibility index (Phi) is 4.93. The predicted octanol–water partition coefficient (Wildman–Crippen LogP) is -0.665. The SMILES string of the molecule is N#Cc1ccccc1OCC(O)CN1CC(O)C(O)C1. The molecule has 3 unspecified atom stereocenters. The van der Waals surface area contributed by atoms with Gasteiger partial charge in [0.1, 0.15) is 24.5 Å². The van der Waals surface area contributed by atoms with Gasteiger partial charge in [-0.2, -0.15) is 5.26 Å². The summed E-state index contributed by atoms with van der Waals surface area (Å²) in [6.07, 6.45) is -2.27. The maximum Gasteiger partial charge on any atom is 0.137 e. The number of hydrogen-bond donors (Lipinski definition) is 3. The maximum atomic E-state index is 9.89. The second-order valence-corrected chi connectivity index (χ2v) is 4.93. The number of nitriles is 1. The van der Waals surface area contributed by atoms with Crippen LogP contribution in [0.4, 0.5) is 0 Å². The quantitative estimate of drug-likeness (QED) is 0.661. The molecular weight excluding hydrogens is 260 g/mol. The summed E-state index contributed by atoms with van der Waals surface area (Å²) in [5.41, 5.74) is 0.423. The lowest BCUT2D eigenvalue weighted by Gasteiger charge is -2.19. The van der Waals surface area contributed by atoms with Crippen molar-refractivity contribution in [2.24, 2.45) is 0 Å². The van der Waals surface area contributed by atoms with Crippen molar-refractivity contribution in [2.75, 3.05) is 26.2 Å². The molecular formula is C14H18N2O4. The van der Waals surface area contributed by atoms with Crippen LogP contribution in [0.5, 0.6) is 5.75 Å². The zero-order valence-electron chi connectivity index (χ0n) is 11.0. The lowest BCUT2D eigenvalue weighted by Crippen LogP contribution is -2.35. The van der Waals surface area contributed by atoms with Crippen LogP contribution in [-0.4, -0.2) is 64.8 Å². The van der Waals surface area contributed by atoms with E-state index in [0.29, 0.717) is 30.9 Å². The van der Waals surface area contributed by atoms with E-state index in [1.54, 1.807) is 29.2 Å². The zero-order chi connectivity index (χ0) is 14.5. The average Bonchev–Trinajstić information content (AvgIpc) is 2.75. The number of ether oxygens (including phenoxy) is 1. The molecule has 1 aliphatic heterocycles. The van der Waals surface area contributed by atoms with Crippen molar-refractivity contribution in [3.05, 3.63) is 29.8 Å². The largest absolute Gasteiger partial charge is 0.489 e. The van der Waals surface area contributed by atoms with Gasteiger partial charge in [0.15, 0.2) is 0 Å². The standard InChI is InChI=1S/C14H18N2O4/c15-5-10-3-1-2-4-14(10)20-9-11(17)6-16-7-12(18)13(19)8-16/h1-4,11-13,17-19H,6-9H2. The van der Waals surface area contributed by atoms with Crippen LogP contribution in [0.25, 0.3) is 0 Å². The van der Waals surface area contributed by atoms with Crippen LogP contribution < -0.4 is 4.74 Å². The number of hydrogen-bond acceptors (Lipinski definition) is 6. The van der Waals surface area contributed by atoms with Crippen LogP contribution in [0, 0.1) is 11.3 Å². The van der Waals surface area contributed by atoms with Gasteiger partial charge in [0, 0.05) is 19.6 Å². The fourth-order valence-electron chi connectivity index (χ4n) is 2.22. The highest BCUT2D eigenvalue weighted by Gasteiger charge is 2.30. The summed E-state index contributed by atoms with van der Waals surface area (Å²) in [5.74, 6) is 0.440. The minimum absolute atomic E-state index is 0.0569. The number of aliphatic hydroxyl groups excluding tert-OH is 3. The van der Waals surface area contributed by atoms with Gasteiger partial charge < -0.3 is 20.1 Å². The van der Waals surface area contributed by atoms with Crippen LogP contribution in [0.1, 0.15) is 5.56 Å². The van der Waals surface area contributed by atoms with E-state index in [2.05, 4.69) is 0 Å². The maximum absolute atomic E-state index is 9.89. The number of nitrogens with zero attached hydrogens (tertiary/aromatic N) is 2. The number of β-amino-alcohol motifs (C(OH)–C–C–N with tert-alkyl or cyclic N) is 3. The summed E-state index contributed by atoms with van der Waals surface area (Å²) < 4.78 is 5.43. The van der Waals surface area contributed by atoms with E-state index in [-0.39, 0.29) is 6.61 Å². The molecule has 0 bridgehead atoms. The van der Waals surface area contributed by atoms with Gasteiger partial charge in [-0.15, -0.1) is 0 Å².